The molecule has 0 aliphatic rings. The highest BCUT2D eigenvalue weighted by atomic mass is 16.5. The predicted octanol–water partition coefficient (Wildman–Crippen LogP) is 1.73. The molecule has 0 radical (unpaired) electrons. The van der Waals surface area contributed by atoms with E-state index in [2.05, 4.69) is 0 Å². The molecule has 0 bridgehead atoms. The quantitative estimate of drug-likeness (QED) is 0.788. The lowest BCUT2D eigenvalue weighted by atomic mass is 9.96. The molecular weight excluding hydrogens is 224 g/mol. The molecule has 0 saturated carbocycles. The van der Waals surface area contributed by atoms with Crippen molar-refractivity contribution in [2.24, 2.45) is 0 Å². The summed E-state index contributed by atoms with van der Waals surface area (Å²) in [5, 5.41) is 17.6. The van der Waals surface area contributed by atoms with Gasteiger partial charge in [-0.25, -0.2) is 0 Å². The Morgan fingerprint density at radius 2 is 1.82 bits per heavy atom. The van der Waals surface area contributed by atoms with Crippen molar-refractivity contribution in [2.45, 2.75) is 19.3 Å². The van der Waals surface area contributed by atoms with Crippen molar-refractivity contribution in [3.05, 3.63) is 29.8 Å². The Labute approximate surface area is 98.6 Å². The van der Waals surface area contributed by atoms with E-state index in [1.54, 1.807) is 24.3 Å². The van der Waals surface area contributed by atoms with Crippen LogP contribution in [0, 0.1) is 0 Å². The van der Waals surface area contributed by atoms with Gasteiger partial charge in [0.25, 0.3) is 0 Å². The van der Waals surface area contributed by atoms with Crippen molar-refractivity contribution < 1.29 is 24.5 Å². The van der Waals surface area contributed by atoms with Gasteiger partial charge in [-0.1, -0.05) is 12.1 Å². The van der Waals surface area contributed by atoms with E-state index < -0.39 is 24.3 Å². The molecule has 0 aliphatic heterocycles. The molecule has 1 aromatic rings. The smallest absolute Gasteiger partial charge is 0.311 e. The molecule has 5 nitrogen and oxygen atoms in total. The van der Waals surface area contributed by atoms with Crippen LogP contribution in [0.5, 0.6) is 5.75 Å². The van der Waals surface area contributed by atoms with E-state index in [0.717, 1.165) is 0 Å². The SMILES string of the molecule is CCOc1ccc([C@H](CC(=O)O)C(=O)O)cc1. The van der Waals surface area contributed by atoms with Crippen LogP contribution in [0.4, 0.5) is 0 Å². The lowest BCUT2D eigenvalue weighted by Gasteiger charge is -2.11. The molecule has 0 aliphatic carbocycles. The van der Waals surface area contributed by atoms with Crippen LogP contribution in [0.2, 0.25) is 0 Å². The molecule has 17 heavy (non-hydrogen) atoms. The zero-order chi connectivity index (χ0) is 12.8. The van der Waals surface area contributed by atoms with Crippen LogP contribution in [0.1, 0.15) is 24.8 Å². The van der Waals surface area contributed by atoms with Crippen molar-refractivity contribution in [3.63, 3.8) is 0 Å². The molecule has 5 heteroatoms. The van der Waals surface area contributed by atoms with Crippen LogP contribution in [-0.4, -0.2) is 28.8 Å². The molecule has 1 aromatic carbocycles. The minimum absolute atomic E-state index is 0.427. The second-order valence-electron chi connectivity index (χ2n) is 3.49. The summed E-state index contributed by atoms with van der Waals surface area (Å²) in [6.07, 6.45) is -0.427. The summed E-state index contributed by atoms with van der Waals surface area (Å²) in [5.74, 6) is -2.67. The van der Waals surface area contributed by atoms with Gasteiger partial charge in [0.05, 0.1) is 18.9 Å². The number of aliphatic carboxylic acids is 2. The molecule has 0 amide bonds. The van der Waals surface area contributed by atoms with Crippen molar-refractivity contribution >= 4 is 11.9 Å². The van der Waals surface area contributed by atoms with Crippen molar-refractivity contribution in [2.75, 3.05) is 6.61 Å². The first-order valence-corrected chi connectivity index (χ1v) is 5.22. The zero-order valence-corrected chi connectivity index (χ0v) is 9.42. The largest absolute Gasteiger partial charge is 0.494 e. The van der Waals surface area contributed by atoms with E-state index in [-0.39, 0.29) is 0 Å². The van der Waals surface area contributed by atoms with Gasteiger partial charge in [0.1, 0.15) is 5.75 Å². The number of carbonyl (C=O) groups is 2. The summed E-state index contributed by atoms with van der Waals surface area (Å²) in [6, 6.07) is 6.42. The van der Waals surface area contributed by atoms with Gasteiger partial charge in [0, 0.05) is 0 Å². The summed E-state index contributed by atoms with van der Waals surface area (Å²) < 4.78 is 5.22. The van der Waals surface area contributed by atoms with Crippen LogP contribution < -0.4 is 4.74 Å². The summed E-state index contributed by atoms with van der Waals surface area (Å²) >= 11 is 0. The topological polar surface area (TPSA) is 83.8 Å². The Balaban J connectivity index is 2.87. The molecular formula is C12H14O5. The van der Waals surface area contributed by atoms with Gasteiger partial charge in [-0.15, -0.1) is 0 Å². The Kier molecular flexibility index (Phi) is 4.51. The molecule has 0 saturated heterocycles. The maximum Gasteiger partial charge on any atom is 0.311 e. The van der Waals surface area contributed by atoms with Crippen molar-refractivity contribution in [1.29, 1.82) is 0 Å². The minimum atomic E-state index is -1.14. The number of carboxylic acid groups (broad SMARTS) is 2. The second-order valence-corrected chi connectivity index (χ2v) is 3.49. The van der Waals surface area contributed by atoms with Crippen molar-refractivity contribution in [1.82, 2.24) is 0 Å². The van der Waals surface area contributed by atoms with E-state index in [0.29, 0.717) is 17.9 Å². The van der Waals surface area contributed by atoms with Gasteiger partial charge in [0.2, 0.25) is 0 Å². The summed E-state index contributed by atoms with van der Waals surface area (Å²) in [7, 11) is 0. The van der Waals surface area contributed by atoms with Gasteiger partial charge in [-0.05, 0) is 24.6 Å². The first-order chi connectivity index (χ1) is 8.04. The fraction of sp³-hybridized carbons (Fsp3) is 0.333. The summed E-state index contributed by atoms with van der Waals surface area (Å²) in [4.78, 5) is 21.5. The van der Waals surface area contributed by atoms with Gasteiger partial charge in [0.15, 0.2) is 0 Å². The average Bonchev–Trinajstić information content (AvgIpc) is 2.27. The highest BCUT2D eigenvalue weighted by molar-refractivity contribution is 5.82. The Bertz CT molecular complexity index is 396. The first-order valence-electron chi connectivity index (χ1n) is 5.22. The Hall–Kier alpha value is -2.04. The fourth-order valence-electron chi connectivity index (χ4n) is 1.49. The third-order valence-electron chi connectivity index (χ3n) is 2.27. The number of rotatable bonds is 6. The number of ether oxygens (including phenoxy) is 1. The van der Waals surface area contributed by atoms with E-state index in [1.807, 2.05) is 6.92 Å². The molecule has 92 valence electrons. The van der Waals surface area contributed by atoms with E-state index in [1.165, 1.54) is 0 Å². The lowest BCUT2D eigenvalue weighted by molar-refractivity contribution is -0.145. The summed E-state index contributed by atoms with van der Waals surface area (Å²) in [5.41, 5.74) is 0.461. The molecule has 1 rings (SSSR count). The molecule has 1 atom stereocenters. The third kappa shape index (κ3) is 3.79. The predicted molar refractivity (Wildman–Crippen MR) is 60.2 cm³/mol. The van der Waals surface area contributed by atoms with Gasteiger partial charge in [-0.2, -0.15) is 0 Å². The maximum atomic E-state index is 11.0. The van der Waals surface area contributed by atoms with Gasteiger partial charge < -0.3 is 14.9 Å². The van der Waals surface area contributed by atoms with Crippen LogP contribution in [0.15, 0.2) is 24.3 Å². The normalized spacial score (nSPS) is 11.8. The number of hydrogen-bond donors (Lipinski definition) is 2. The number of hydrogen-bond acceptors (Lipinski definition) is 3. The molecule has 2 N–H and O–H groups in total. The second kappa shape index (κ2) is 5.89. The molecule has 0 fully saturated rings. The molecule has 0 aromatic heterocycles. The molecule has 0 spiro atoms. The molecule has 0 unspecified atom stereocenters. The monoisotopic (exact) mass is 238 g/mol. The van der Waals surface area contributed by atoms with E-state index in [4.69, 9.17) is 14.9 Å². The van der Waals surface area contributed by atoms with Crippen LogP contribution in [0.25, 0.3) is 0 Å². The Morgan fingerprint density at radius 1 is 1.24 bits per heavy atom. The van der Waals surface area contributed by atoms with Gasteiger partial charge in [-0.3, -0.25) is 9.59 Å². The maximum absolute atomic E-state index is 11.0. The summed E-state index contributed by atoms with van der Waals surface area (Å²) in [6.45, 7) is 2.37. The van der Waals surface area contributed by atoms with E-state index in [9.17, 15) is 9.59 Å². The highest BCUT2D eigenvalue weighted by Gasteiger charge is 2.22. The first kappa shape index (κ1) is 13.0. The lowest BCUT2D eigenvalue weighted by Crippen LogP contribution is -2.15. The van der Waals surface area contributed by atoms with Crippen LogP contribution >= 0.6 is 0 Å². The third-order valence-corrected chi connectivity index (χ3v) is 2.27. The minimum Gasteiger partial charge on any atom is -0.494 e. The fourth-order valence-corrected chi connectivity index (χ4v) is 1.49. The number of benzene rings is 1. The van der Waals surface area contributed by atoms with Crippen LogP contribution in [-0.2, 0) is 9.59 Å². The Morgan fingerprint density at radius 3 is 2.24 bits per heavy atom. The molecule has 0 heterocycles. The van der Waals surface area contributed by atoms with E-state index >= 15 is 0 Å². The van der Waals surface area contributed by atoms with Crippen LogP contribution in [0.3, 0.4) is 0 Å². The standard InChI is InChI=1S/C12H14O5/c1-2-17-9-5-3-8(4-6-9)10(12(15)16)7-11(13)14/h3-6,10H,2,7H2,1H3,(H,13,14)(H,15,16)/t10-/m0/s1. The number of carboxylic acids is 2. The van der Waals surface area contributed by atoms with Gasteiger partial charge >= 0.3 is 11.9 Å². The zero-order valence-electron chi connectivity index (χ0n) is 9.42. The highest BCUT2D eigenvalue weighted by Crippen LogP contribution is 2.22. The average molecular weight is 238 g/mol. The van der Waals surface area contributed by atoms with Crippen molar-refractivity contribution in [3.8, 4) is 5.75 Å².